The molecular formula is C25H50O6Si4. The number of rotatable bonds is 11. The predicted molar refractivity (Wildman–Crippen MR) is 154 cm³/mol. The number of carbonyl (C=O) groups is 3. The highest BCUT2D eigenvalue weighted by molar-refractivity contribution is 7.89. The molecule has 0 aromatic carbocycles. The van der Waals surface area contributed by atoms with Gasteiger partial charge in [-0.05, 0) is 37.6 Å². The number of carbonyl (C=O) groups excluding carboxylic acids is 3. The number of hydrogen-bond donors (Lipinski definition) is 0. The molecule has 0 aliphatic heterocycles. The summed E-state index contributed by atoms with van der Waals surface area (Å²) in [6.07, 6.45) is 5.29. The first-order chi connectivity index (χ1) is 15.8. The Morgan fingerprint density at radius 2 is 1.29 bits per heavy atom. The van der Waals surface area contributed by atoms with Gasteiger partial charge < -0.3 is 14.2 Å². The highest BCUT2D eigenvalue weighted by Crippen LogP contribution is 2.50. The van der Waals surface area contributed by atoms with Crippen LogP contribution in [0.4, 0.5) is 0 Å². The molecule has 0 bridgehead atoms. The number of hydrogen-bond acceptors (Lipinski definition) is 6. The van der Waals surface area contributed by atoms with Crippen molar-refractivity contribution in [3.63, 3.8) is 0 Å². The molecule has 6 nitrogen and oxygen atoms in total. The third kappa shape index (κ3) is 6.48. The van der Waals surface area contributed by atoms with Gasteiger partial charge in [-0.3, -0.25) is 14.4 Å². The van der Waals surface area contributed by atoms with Gasteiger partial charge >= 0.3 is 17.9 Å². The van der Waals surface area contributed by atoms with Crippen LogP contribution >= 0.6 is 0 Å². The second-order valence-corrected chi connectivity index (χ2v) is 54.6. The Bertz CT molecular complexity index is 752. The molecule has 0 aromatic rings. The zero-order chi connectivity index (χ0) is 27.5. The Morgan fingerprint density at radius 3 is 1.66 bits per heavy atom. The first kappa shape index (κ1) is 32.0. The fraction of sp³-hybridized carbons (Fsp3) is 0.800. The summed E-state index contributed by atoms with van der Waals surface area (Å²) in [4.78, 5) is 38.1. The van der Waals surface area contributed by atoms with Crippen molar-refractivity contribution < 1.29 is 28.6 Å². The van der Waals surface area contributed by atoms with Crippen LogP contribution in [0.15, 0.2) is 12.2 Å². The fourth-order valence-corrected chi connectivity index (χ4v) is 104. The van der Waals surface area contributed by atoms with Crippen LogP contribution in [0.5, 0.6) is 0 Å². The molecule has 0 saturated heterocycles. The van der Waals surface area contributed by atoms with Gasteiger partial charge in [-0.25, -0.2) is 0 Å². The molecule has 1 saturated carbocycles. The smallest absolute Gasteiger partial charge is 0.323 e. The lowest BCUT2D eigenvalue weighted by Gasteiger charge is -2.57. The highest BCUT2D eigenvalue weighted by Gasteiger charge is 2.61. The average molecular weight is 559 g/mol. The van der Waals surface area contributed by atoms with E-state index in [1.807, 2.05) is 0 Å². The molecule has 2 unspecified atom stereocenters. The minimum absolute atomic E-state index is 0.0887. The van der Waals surface area contributed by atoms with Gasteiger partial charge in [0.05, 0.1) is 20.8 Å². The molecule has 2 atom stereocenters. The van der Waals surface area contributed by atoms with Gasteiger partial charge in [0, 0.05) is 35.8 Å². The van der Waals surface area contributed by atoms with Gasteiger partial charge in [-0.15, -0.1) is 0 Å². The quantitative estimate of drug-likeness (QED) is 0.109. The maximum absolute atomic E-state index is 12.8. The van der Waals surface area contributed by atoms with Crippen LogP contribution in [0.3, 0.4) is 0 Å². The van der Waals surface area contributed by atoms with Crippen LogP contribution in [0.1, 0.15) is 26.2 Å². The van der Waals surface area contributed by atoms with E-state index in [-0.39, 0.29) is 30.6 Å². The van der Waals surface area contributed by atoms with E-state index in [0.29, 0.717) is 13.0 Å². The molecule has 0 aromatic heterocycles. The Balaban J connectivity index is 3.47. The molecule has 202 valence electrons. The molecule has 1 fully saturated rings. The lowest BCUT2D eigenvalue weighted by Crippen LogP contribution is -2.82. The first-order valence-corrected chi connectivity index (χ1v) is 28.5. The van der Waals surface area contributed by atoms with E-state index in [4.69, 9.17) is 14.2 Å². The lowest BCUT2D eigenvalue weighted by atomic mass is 9.84. The van der Waals surface area contributed by atoms with Crippen molar-refractivity contribution in [2.75, 3.05) is 20.8 Å². The second-order valence-electron chi connectivity index (χ2n) is 13.2. The van der Waals surface area contributed by atoms with Crippen LogP contribution in [0, 0.1) is 17.3 Å². The largest absolute Gasteiger partial charge is 0.468 e. The minimum atomic E-state index is -1.58. The third-order valence-electron chi connectivity index (χ3n) is 8.34. The summed E-state index contributed by atoms with van der Waals surface area (Å²) in [5.41, 5.74) is -1.37. The monoisotopic (exact) mass is 558 g/mol. The molecule has 0 spiro atoms. The molecule has 1 aliphatic carbocycles. The topological polar surface area (TPSA) is 78.9 Å². The summed E-state index contributed by atoms with van der Waals surface area (Å²) in [5.74, 6) is -1.72. The summed E-state index contributed by atoms with van der Waals surface area (Å²) in [6.45, 7) is 23.7. The van der Waals surface area contributed by atoms with E-state index in [1.54, 1.807) is 6.92 Å². The Kier molecular flexibility index (Phi) is 10.6. The van der Waals surface area contributed by atoms with E-state index >= 15 is 0 Å². The van der Waals surface area contributed by atoms with Gasteiger partial charge in [0.15, 0.2) is 5.41 Å². The van der Waals surface area contributed by atoms with Crippen molar-refractivity contribution in [1.82, 2.24) is 0 Å². The third-order valence-corrected chi connectivity index (χ3v) is 82.2. The number of esters is 3. The number of allylic oxidation sites excluding steroid dienone is 2. The predicted octanol–water partition coefficient (Wildman–Crippen LogP) is 5.55. The molecule has 1 rings (SSSR count). The van der Waals surface area contributed by atoms with Crippen molar-refractivity contribution in [1.29, 1.82) is 0 Å². The van der Waals surface area contributed by atoms with Crippen LogP contribution in [0.2, 0.25) is 65.0 Å². The van der Waals surface area contributed by atoms with Crippen molar-refractivity contribution in [2.24, 2.45) is 17.3 Å². The van der Waals surface area contributed by atoms with E-state index in [0.717, 1.165) is 6.04 Å². The van der Waals surface area contributed by atoms with E-state index in [9.17, 15) is 14.4 Å². The van der Waals surface area contributed by atoms with Crippen molar-refractivity contribution in [3.05, 3.63) is 12.2 Å². The summed E-state index contributed by atoms with van der Waals surface area (Å²) in [6, 6.07) is 1.15. The van der Waals surface area contributed by atoms with Gasteiger partial charge in [0.1, 0.15) is 0 Å². The zero-order valence-corrected chi connectivity index (χ0v) is 28.3. The molecule has 0 amide bonds. The first-order valence-electron chi connectivity index (χ1n) is 12.8. The van der Waals surface area contributed by atoms with Crippen LogP contribution < -0.4 is 0 Å². The van der Waals surface area contributed by atoms with Gasteiger partial charge in [0.2, 0.25) is 0 Å². The maximum atomic E-state index is 12.8. The molecular weight excluding hydrogens is 509 g/mol. The van der Waals surface area contributed by atoms with Gasteiger partial charge in [-0.2, -0.15) is 0 Å². The van der Waals surface area contributed by atoms with Crippen LogP contribution in [-0.2, 0) is 28.6 Å². The Labute approximate surface area is 217 Å². The summed E-state index contributed by atoms with van der Waals surface area (Å²) >= 11 is 0. The van der Waals surface area contributed by atoms with Crippen LogP contribution in [-0.4, -0.2) is 68.1 Å². The van der Waals surface area contributed by atoms with Crippen LogP contribution in [0.25, 0.3) is 0 Å². The average Bonchev–Trinajstić information content (AvgIpc) is 3.06. The molecule has 10 heteroatoms. The number of methoxy groups -OCH3 is 2. The van der Waals surface area contributed by atoms with Gasteiger partial charge in [-0.1, -0.05) is 71.1 Å². The van der Waals surface area contributed by atoms with E-state index in [2.05, 4.69) is 71.1 Å². The van der Waals surface area contributed by atoms with Crippen molar-refractivity contribution in [3.8, 4) is 0 Å². The fourth-order valence-electron chi connectivity index (χ4n) is 7.65. The normalized spacial score (nSPS) is 21.1. The number of ether oxygens (including phenoxy) is 3. The summed E-state index contributed by atoms with van der Waals surface area (Å²) in [7, 11) is -1.68. The molecule has 35 heavy (non-hydrogen) atoms. The summed E-state index contributed by atoms with van der Waals surface area (Å²) < 4.78 is 15.3. The molecule has 1 aliphatic rings. The second kappa shape index (κ2) is 11.6. The summed E-state index contributed by atoms with van der Waals surface area (Å²) in [5, 5.41) is 0. The SMILES string of the molecule is CCOC(=O)CC1CC(C(=O)OC)(C(=O)OC)CC1/C=C/C[Si]([Si](C)(C)C)([Si](C)(C)C)[Si](C)(C)C. The standard InChI is InChI=1S/C25H50O6Si4/c1-13-31-22(26)17-21-19-25(23(27)29-2,24(28)30-3)18-20(21)15-14-16-35(32(4,5)6,33(7,8)9)34(10,11)12/h14-15,20-21H,13,16-19H2,1-12H3/b15-14+. The molecule has 0 radical (unpaired) electrons. The van der Waals surface area contributed by atoms with Gasteiger partial charge in [0.25, 0.3) is 0 Å². The van der Waals surface area contributed by atoms with Crippen molar-refractivity contribution >= 4 is 47.3 Å². The Hall–Kier alpha value is -0.982. The minimum Gasteiger partial charge on any atom is -0.468 e. The van der Waals surface area contributed by atoms with E-state index < -0.39 is 46.8 Å². The Morgan fingerprint density at radius 1 is 0.829 bits per heavy atom. The zero-order valence-electron chi connectivity index (χ0n) is 24.3. The van der Waals surface area contributed by atoms with Crippen molar-refractivity contribution in [2.45, 2.75) is 91.2 Å². The van der Waals surface area contributed by atoms with E-state index in [1.165, 1.54) is 14.2 Å². The maximum Gasteiger partial charge on any atom is 0.323 e. The lowest BCUT2D eigenvalue weighted by molar-refractivity contribution is -0.169. The molecule has 0 N–H and O–H groups in total. The highest BCUT2D eigenvalue weighted by atomic mass is 29.9. The molecule has 0 heterocycles.